The van der Waals surface area contributed by atoms with Crippen molar-refractivity contribution in [2.45, 2.75) is 0 Å². The van der Waals surface area contributed by atoms with Gasteiger partial charge in [-0.3, -0.25) is 9.59 Å². The molecule has 0 spiro atoms. The molecule has 2 amide bonds. The molecule has 25 heavy (non-hydrogen) atoms. The zero-order valence-electron chi connectivity index (χ0n) is 14.2. The van der Waals surface area contributed by atoms with Crippen molar-refractivity contribution in [2.75, 3.05) is 26.5 Å². The number of hydrogen-bond acceptors (Lipinski definition) is 3. The number of ether oxygens (including phenoxy) is 1. The van der Waals surface area contributed by atoms with E-state index in [1.54, 1.807) is 44.4 Å². The summed E-state index contributed by atoms with van der Waals surface area (Å²) in [5.74, 6) is -0.554. The highest BCUT2D eigenvalue weighted by atomic mass is 19.1. The molecule has 2 aromatic carbocycles. The number of carbonyl (C=O) groups excluding carboxylic acids is 2. The molecule has 130 valence electrons. The van der Waals surface area contributed by atoms with Crippen LogP contribution in [0.5, 0.6) is 5.75 Å². The van der Waals surface area contributed by atoms with Gasteiger partial charge in [-0.1, -0.05) is 12.1 Å². The lowest BCUT2D eigenvalue weighted by molar-refractivity contribution is -0.111. The van der Waals surface area contributed by atoms with Crippen molar-refractivity contribution in [3.63, 3.8) is 0 Å². The Morgan fingerprint density at radius 3 is 2.56 bits per heavy atom. The molecule has 6 heteroatoms. The highest BCUT2D eigenvalue weighted by Crippen LogP contribution is 2.26. The van der Waals surface area contributed by atoms with Crippen LogP contribution < -0.4 is 10.1 Å². The number of rotatable bonds is 5. The Bertz CT molecular complexity index is 816. The largest absolute Gasteiger partial charge is 0.495 e. The molecule has 0 aliphatic heterocycles. The molecule has 0 aliphatic carbocycles. The highest BCUT2D eigenvalue weighted by Gasteiger charge is 2.12. The topological polar surface area (TPSA) is 58.6 Å². The number of nitrogens with one attached hydrogen (secondary N) is 1. The van der Waals surface area contributed by atoms with E-state index in [-0.39, 0.29) is 11.7 Å². The maximum atomic E-state index is 13.1. The van der Waals surface area contributed by atoms with Crippen LogP contribution in [-0.4, -0.2) is 37.9 Å². The Morgan fingerprint density at radius 1 is 1.16 bits per heavy atom. The molecule has 0 fully saturated rings. The van der Waals surface area contributed by atoms with E-state index in [1.165, 1.54) is 36.3 Å². The molecule has 0 radical (unpaired) electrons. The summed E-state index contributed by atoms with van der Waals surface area (Å²) in [6.07, 6.45) is 2.81. The molecule has 0 saturated carbocycles. The quantitative estimate of drug-likeness (QED) is 0.849. The number of methoxy groups -OCH3 is 1. The maximum absolute atomic E-state index is 13.1. The van der Waals surface area contributed by atoms with Gasteiger partial charge in [-0.05, 0) is 42.0 Å². The van der Waals surface area contributed by atoms with Crippen LogP contribution in [0, 0.1) is 5.82 Å². The van der Waals surface area contributed by atoms with Crippen LogP contribution in [0.4, 0.5) is 10.1 Å². The van der Waals surface area contributed by atoms with Crippen molar-refractivity contribution in [3.05, 3.63) is 65.5 Å². The summed E-state index contributed by atoms with van der Waals surface area (Å²) >= 11 is 0. The van der Waals surface area contributed by atoms with E-state index in [0.29, 0.717) is 22.6 Å². The Hall–Kier alpha value is -3.15. The van der Waals surface area contributed by atoms with Crippen LogP contribution in [0.25, 0.3) is 6.08 Å². The summed E-state index contributed by atoms with van der Waals surface area (Å²) in [5, 5.41) is 2.67. The fourth-order valence-corrected chi connectivity index (χ4v) is 2.14. The number of nitrogens with zero attached hydrogens (tertiary/aromatic N) is 1. The van der Waals surface area contributed by atoms with E-state index >= 15 is 0 Å². The van der Waals surface area contributed by atoms with E-state index in [9.17, 15) is 14.0 Å². The standard InChI is InChI=1S/C19H19FN2O3/c1-22(2)19(24)14-8-9-16(17(12-14)25-3)21-18(23)10-7-13-5-4-6-15(20)11-13/h4-12H,1-3H3,(H,21,23)/b10-7+. The third-order valence-corrected chi connectivity index (χ3v) is 3.39. The van der Waals surface area contributed by atoms with Gasteiger partial charge >= 0.3 is 0 Å². The van der Waals surface area contributed by atoms with Gasteiger partial charge in [0.25, 0.3) is 5.91 Å². The smallest absolute Gasteiger partial charge is 0.253 e. The Balaban J connectivity index is 2.13. The first kappa shape index (κ1) is 18.2. The molecule has 5 nitrogen and oxygen atoms in total. The van der Waals surface area contributed by atoms with E-state index < -0.39 is 5.91 Å². The number of carbonyl (C=O) groups is 2. The van der Waals surface area contributed by atoms with Crippen molar-refractivity contribution >= 4 is 23.6 Å². The molecule has 0 unspecified atom stereocenters. The lowest BCUT2D eigenvalue weighted by Crippen LogP contribution is -2.21. The van der Waals surface area contributed by atoms with Gasteiger partial charge in [-0.25, -0.2) is 4.39 Å². The summed E-state index contributed by atoms with van der Waals surface area (Å²) in [5.41, 5.74) is 1.47. The third-order valence-electron chi connectivity index (χ3n) is 3.39. The van der Waals surface area contributed by atoms with Gasteiger partial charge in [0.2, 0.25) is 5.91 Å². The van der Waals surface area contributed by atoms with Gasteiger partial charge in [-0.15, -0.1) is 0 Å². The van der Waals surface area contributed by atoms with E-state index in [1.807, 2.05) is 0 Å². The van der Waals surface area contributed by atoms with Crippen molar-refractivity contribution in [2.24, 2.45) is 0 Å². The second-order valence-electron chi connectivity index (χ2n) is 5.49. The molecule has 0 bridgehead atoms. The predicted molar refractivity (Wildman–Crippen MR) is 95.1 cm³/mol. The normalized spacial score (nSPS) is 10.6. The minimum atomic E-state index is -0.394. The summed E-state index contributed by atoms with van der Waals surface area (Å²) in [4.78, 5) is 25.5. The van der Waals surface area contributed by atoms with Gasteiger partial charge in [-0.2, -0.15) is 0 Å². The van der Waals surface area contributed by atoms with E-state index in [2.05, 4.69) is 5.32 Å². The third kappa shape index (κ3) is 4.91. The predicted octanol–water partition coefficient (Wildman–Crippen LogP) is 3.19. The fourth-order valence-electron chi connectivity index (χ4n) is 2.14. The van der Waals surface area contributed by atoms with Crippen LogP contribution in [0.2, 0.25) is 0 Å². The van der Waals surface area contributed by atoms with Gasteiger partial charge < -0.3 is 15.0 Å². The Labute approximate surface area is 145 Å². The first-order valence-corrected chi connectivity index (χ1v) is 7.55. The molecule has 0 saturated heterocycles. The molecule has 0 heterocycles. The Kier molecular flexibility index (Phi) is 5.89. The zero-order valence-corrected chi connectivity index (χ0v) is 14.2. The average molecular weight is 342 g/mol. The second kappa shape index (κ2) is 8.10. The SMILES string of the molecule is COc1cc(C(=O)N(C)C)ccc1NC(=O)/C=C/c1cccc(F)c1. The molecule has 1 N–H and O–H groups in total. The molecule has 2 aromatic rings. The second-order valence-corrected chi connectivity index (χ2v) is 5.49. The van der Waals surface area contributed by atoms with Crippen LogP contribution in [-0.2, 0) is 4.79 Å². The number of halogens is 1. The summed E-state index contributed by atoms with van der Waals surface area (Å²) in [6.45, 7) is 0. The minimum Gasteiger partial charge on any atom is -0.495 e. The first-order valence-electron chi connectivity index (χ1n) is 7.55. The average Bonchev–Trinajstić information content (AvgIpc) is 2.59. The van der Waals surface area contributed by atoms with E-state index in [0.717, 1.165) is 0 Å². The van der Waals surface area contributed by atoms with Gasteiger partial charge in [0, 0.05) is 25.7 Å². The Morgan fingerprint density at radius 2 is 1.92 bits per heavy atom. The summed E-state index contributed by atoms with van der Waals surface area (Å²) < 4.78 is 18.4. The molecule has 0 aromatic heterocycles. The highest BCUT2D eigenvalue weighted by molar-refractivity contribution is 6.03. The van der Waals surface area contributed by atoms with Crippen molar-refractivity contribution in [3.8, 4) is 5.75 Å². The lowest BCUT2D eigenvalue weighted by Gasteiger charge is -2.13. The first-order chi connectivity index (χ1) is 11.9. The number of hydrogen-bond donors (Lipinski definition) is 1. The van der Waals surface area contributed by atoms with Crippen LogP contribution in [0.1, 0.15) is 15.9 Å². The molecule has 2 rings (SSSR count). The van der Waals surface area contributed by atoms with Crippen LogP contribution >= 0.6 is 0 Å². The molecule has 0 aliphatic rings. The lowest BCUT2D eigenvalue weighted by atomic mass is 10.1. The van der Waals surface area contributed by atoms with Gasteiger partial charge in [0.15, 0.2) is 0 Å². The zero-order chi connectivity index (χ0) is 18.4. The van der Waals surface area contributed by atoms with Gasteiger partial charge in [0.05, 0.1) is 12.8 Å². The minimum absolute atomic E-state index is 0.165. The number of anilines is 1. The molecular formula is C19H19FN2O3. The van der Waals surface area contributed by atoms with Gasteiger partial charge in [0.1, 0.15) is 11.6 Å². The molecule has 0 atom stereocenters. The summed E-state index contributed by atoms with van der Waals surface area (Å²) in [7, 11) is 4.76. The van der Waals surface area contributed by atoms with Crippen LogP contribution in [0.15, 0.2) is 48.5 Å². The number of amides is 2. The summed E-state index contributed by atoms with van der Waals surface area (Å²) in [6, 6.07) is 10.7. The van der Waals surface area contributed by atoms with E-state index in [4.69, 9.17) is 4.74 Å². The van der Waals surface area contributed by atoms with Crippen molar-refractivity contribution in [1.29, 1.82) is 0 Å². The maximum Gasteiger partial charge on any atom is 0.253 e. The van der Waals surface area contributed by atoms with Crippen LogP contribution in [0.3, 0.4) is 0 Å². The van der Waals surface area contributed by atoms with Crippen molar-refractivity contribution < 1.29 is 18.7 Å². The fraction of sp³-hybridized carbons (Fsp3) is 0.158. The number of benzene rings is 2. The molecular weight excluding hydrogens is 323 g/mol. The monoisotopic (exact) mass is 342 g/mol. The van der Waals surface area contributed by atoms with Crippen molar-refractivity contribution in [1.82, 2.24) is 4.90 Å².